The number of nitrogens with one attached hydrogen (secondary N) is 1. The van der Waals surface area contributed by atoms with Gasteiger partial charge in [0.25, 0.3) is 5.91 Å². The minimum atomic E-state index is -0.274. The first-order chi connectivity index (χ1) is 12.2. The topological polar surface area (TPSA) is 77.1 Å². The van der Waals surface area contributed by atoms with Gasteiger partial charge in [0, 0.05) is 18.1 Å². The van der Waals surface area contributed by atoms with E-state index in [-0.39, 0.29) is 5.91 Å². The van der Waals surface area contributed by atoms with Gasteiger partial charge in [0.1, 0.15) is 24.0 Å². The van der Waals surface area contributed by atoms with Gasteiger partial charge in [-0.05, 0) is 29.8 Å². The molecule has 124 valence electrons. The Labute approximate surface area is 147 Å². The van der Waals surface area contributed by atoms with Crippen LogP contribution in [0.5, 0.6) is 0 Å². The molecule has 0 saturated heterocycles. The van der Waals surface area contributed by atoms with Gasteiger partial charge in [0.05, 0.1) is 11.6 Å². The summed E-state index contributed by atoms with van der Waals surface area (Å²) in [4.78, 5) is 20.6. The number of nitrogens with zero attached hydrogens (tertiary/aromatic N) is 5. The van der Waals surface area contributed by atoms with Gasteiger partial charge in [-0.3, -0.25) is 4.79 Å². The highest BCUT2D eigenvalue weighted by atomic mass is 35.5. The molecule has 3 heterocycles. The Balaban J connectivity index is 1.47. The molecule has 25 heavy (non-hydrogen) atoms. The van der Waals surface area contributed by atoms with Gasteiger partial charge in [-0.15, -0.1) is 0 Å². The zero-order chi connectivity index (χ0) is 17.2. The van der Waals surface area contributed by atoms with Gasteiger partial charge < -0.3 is 9.72 Å². The number of fused-ring (bicyclic) bond motifs is 1. The van der Waals surface area contributed by atoms with Crippen LogP contribution in [-0.4, -0.2) is 30.1 Å². The van der Waals surface area contributed by atoms with Crippen molar-refractivity contribution in [2.45, 2.75) is 6.54 Å². The molecule has 1 amide bonds. The van der Waals surface area contributed by atoms with E-state index in [0.29, 0.717) is 28.6 Å². The van der Waals surface area contributed by atoms with E-state index in [2.05, 4.69) is 20.4 Å². The van der Waals surface area contributed by atoms with E-state index in [1.54, 1.807) is 39.9 Å². The number of hydrogen-bond donors (Lipinski definition) is 1. The Morgan fingerprint density at radius 2 is 1.96 bits per heavy atom. The highest BCUT2D eigenvalue weighted by molar-refractivity contribution is 6.30. The van der Waals surface area contributed by atoms with Crippen molar-refractivity contribution in [2.24, 2.45) is 0 Å². The van der Waals surface area contributed by atoms with Crippen LogP contribution in [0.25, 0.3) is 5.65 Å². The van der Waals surface area contributed by atoms with Crippen molar-refractivity contribution >= 4 is 28.8 Å². The Bertz CT molecular complexity index is 1020. The second-order valence-corrected chi connectivity index (χ2v) is 5.92. The van der Waals surface area contributed by atoms with Crippen molar-refractivity contribution in [2.75, 3.05) is 5.32 Å². The molecule has 0 aliphatic carbocycles. The predicted octanol–water partition coefficient (Wildman–Crippen LogP) is 2.88. The number of halogens is 1. The van der Waals surface area contributed by atoms with E-state index in [1.807, 2.05) is 24.3 Å². The number of amides is 1. The van der Waals surface area contributed by atoms with Crippen molar-refractivity contribution in [3.05, 3.63) is 77.7 Å². The molecular formula is C17H13ClN6O. The largest absolute Gasteiger partial charge is 0.321 e. The van der Waals surface area contributed by atoms with Crippen molar-refractivity contribution < 1.29 is 4.79 Å². The molecular weight excluding hydrogens is 340 g/mol. The van der Waals surface area contributed by atoms with E-state index < -0.39 is 0 Å². The molecule has 0 unspecified atom stereocenters. The summed E-state index contributed by atoms with van der Waals surface area (Å²) in [6, 6.07) is 11.0. The van der Waals surface area contributed by atoms with Crippen molar-refractivity contribution in [1.82, 2.24) is 24.1 Å². The summed E-state index contributed by atoms with van der Waals surface area (Å²) >= 11 is 5.94. The number of carbonyl (C=O) groups is 1. The third-order valence-electron chi connectivity index (χ3n) is 3.67. The third-order valence-corrected chi connectivity index (χ3v) is 3.89. The van der Waals surface area contributed by atoms with E-state index in [0.717, 1.165) is 5.56 Å². The lowest BCUT2D eigenvalue weighted by Gasteiger charge is -2.05. The maximum atomic E-state index is 12.4. The summed E-state index contributed by atoms with van der Waals surface area (Å²) in [7, 11) is 0. The van der Waals surface area contributed by atoms with Crippen LogP contribution in [-0.2, 0) is 6.54 Å². The van der Waals surface area contributed by atoms with Crippen molar-refractivity contribution in [1.29, 1.82) is 0 Å². The van der Waals surface area contributed by atoms with Gasteiger partial charge in [-0.1, -0.05) is 23.7 Å². The molecule has 3 aromatic heterocycles. The highest BCUT2D eigenvalue weighted by Gasteiger charge is 2.11. The van der Waals surface area contributed by atoms with Crippen molar-refractivity contribution in [3.8, 4) is 0 Å². The summed E-state index contributed by atoms with van der Waals surface area (Å²) in [5.74, 6) is -0.274. The number of aromatic nitrogens is 5. The second-order valence-electron chi connectivity index (χ2n) is 5.48. The molecule has 0 aliphatic heterocycles. The molecule has 4 rings (SSSR count). The van der Waals surface area contributed by atoms with Gasteiger partial charge in [-0.25, -0.2) is 14.6 Å². The molecule has 8 heteroatoms. The molecule has 1 N–H and O–H groups in total. The first-order valence-corrected chi connectivity index (χ1v) is 7.92. The van der Waals surface area contributed by atoms with Crippen LogP contribution in [0.1, 0.15) is 16.1 Å². The maximum Gasteiger partial charge on any atom is 0.275 e. The lowest BCUT2D eigenvalue weighted by Crippen LogP contribution is -2.12. The van der Waals surface area contributed by atoms with Crippen LogP contribution < -0.4 is 5.32 Å². The number of hydrogen-bond acceptors (Lipinski definition) is 4. The molecule has 0 spiro atoms. The number of imidazole rings is 1. The zero-order valence-electron chi connectivity index (χ0n) is 13.0. The maximum absolute atomic E-state index is 12.4. The summed E-state index contributed by atoms with van der Waals surface area (Å²) in [6.07, 6.45) is 6.51. The molecule has 7 nitrogen and oxygen atoms in total. The fourth-order valence-corrected chi connectivity index (χ4v) is 2.63. The van der Waals surface area contributed by atoms with E-state index >= 15 is 0 Å². The van der Waals surface area contributed by atoms with Crippen molar-refractivity contribution in [3.63, 3.8) is 0 Å². The van der Waals surface area contributed by atoms with E-state index in [9.17, 15) is 4.79 Å². The van der Waals surface area contributed by atoms with Crippen LogP contribution in [0, 0.1) is 0 Å². The van der Waals surface area contributed by atoms with Crippen LogP contribution in [0.4, 0.5) is 5.69 Å². The average Bonchev–Trinajstić information content (AvgIpc) is 3.25. The summed E-state index contributed by atoms with van der Waals surface area (Å²) in [5.41, 5.74) is 2.75. The highest BCUT2D eigenvalue weighted by Crippen LogP contribution is 2.14. The van der Waals surface area contributed by atoms with Gasteiger partial charge in [0.2, 0.25) is 0 Å². The molecule has 0 fully saturated rings. The first-order valence-electron chi connectivity index (χ1n) is 7.54. The number of rotatable bonds is 4. The minimum absolute atomic E-state index is 0.274. The van der Waals surface area contributed by atoms with Gasteiger partial charge >= 0.3 is 0 Å². The summed E-state index contributed by atoms with van der Waals surface area (Å²) < 4.78 is 3.45. The van der Waals surface area contributed by atoms with E-state index in [4.69, 9.17) is 11.6 Å². The number of carbonyl (C=O) groups excluding carboxylic acids is 1. The van der Waals surface area contributed by atoms with Gasteiger partial charge in [-0.2, -0.15) is 5.10 Å². The lowest BCUT2D eigenvalue weighted by molar-refractivity contribution is 0.102. The third kappa shape index (κ3) is 3.36. The van der Waals surface area contributed by atoms with Crippen LogP contribution in [0.15, 0.2) is 61.4 Å². The normalized spacial score (nSPS) is 10.9. The quantitative estimate of drug-likeness (QED) is 0.612. The minimum Gasteiger partial charge on any atom is -0.321 e. The monoisotopic (exact) mass is 352 g/mol. The van der Waals surface area contributed by atoms with Crippen LogP contribution in [0.2, 0.25) is 5.02 Å². The number of anilines is 1. The average molecular weight is 353 g/mol. The Morgan fingerprint density at radius 1 is 1.12 bits per heavy atom. The first kappa shape index (κ1) is 15.3. The summed E-state index contributed by atoms with van der Waals surface area (Å²) in [6.45, 7) is 0.626. The fraction of sp³-hybridized carbons (Fsp3) is 0.0588. The fourth-order valence-electron chi connectivity index (χ4n) is 2.46. The predicted molar refractivity (Wildman–Crippen MR) is 93.7 cm³/mol. The SMILES string of the molecule is O=C(Nc1ccc(Cn2cncn2)cc1)c1cn2cc(Cl)ccc2n1. The molecule has 0 saturated carbocycles. The van der Waals surface area contributed by atoms with Crippen LogP contribution >= 0.6 is 11.6 Å². The molecule has 4 aromatic rings. The number of pyridine rings is 1. The molecule has 0 bridgehead atoms. The molecule has 0 radical (unpaired) electrons. The molecule has 0 atom stereocenters. The zero-order valence-corrected chi connectivity index (χ0v) is 13.8. The standard InChI is InChI=1S/C17H13ClN6O/c18-13-3-6-16-22-15(9-23(16)8-13)17(25)21-14-4-1-12(2-5-14)7-24-11-19-10-20-24/h1-6,8-11H,7H2,(H,21,25). The molecule has 0 aliphatic rings. The Morgan fingerprint density at radius 3 is 2.72 bits per heavy atom. The van der Waals surface area contributed by atoms with E-state index in [1.165, 1.54) is 6.33 Å². The summed E-state index contributed by atoms with van der Waals surface area (Å²) in [5, 5.41) is 7.49. The van der Waals surface area contributed by atoms with Gasteiger partial charge in [0.15, 0.2) is 0 Å². The molecule has 1 aromatic carbocycles. The number of benzene rings is 1. The second kappa shape index (κ2) is 6.37. The smallest absolute Gasteiger partial charge is 0.275 e. The lowest BCUT2D eigenvalue weighted by atomic mass is 10.2. The van der Waals surface area contributed by atoms with Crippen LogP contribution in [0.3, 0.4) is 0 Å². The Hall–Kier alpha value is -3.19. The Kier molecular flexibility index (Phi) is 3.91.